The van der Waals surface area contributed by atoms with Gasteiger partial charge >= 0.3 is 12.3 Å². The molecule has 0 fully saturated rings. The molecule has 1 aromatic carbocycles. The average molecular weight is 263 g/mol. The van der Waals surface area contributed by atoms with Gasteiger partial charge in [0.25, 0.3) is 0 Å². The van der Waals surface area contributed by atoms with Gasteiger partial charge in [-0.1, -0.05) is 12.1 Å². The van der Waals surface area contributed by atoms with Crippen LogP contribution in [0, 0.1) is 0 Å². The lowest BCUT2D eigenvalue weighted by atomic mass is 9.98. The van der Waals surface area contributed by atoms with E-state index in [2.05, 4.69) is 0 Å². The van der Waals surface area contributed by atoms with Crippen molar-refractivity contribution in [1.82, 2.24) is 0 Å². The second-order valence-corrected chi connectivity index (χ2v) is 4.45. The van der Waals surface area contributed by atoms with Crippen molar-refractivity contribution in [1.29, 1.82) is 0 Å². The molecular formula is C12H13F4NO. The maximum absolute atomic E-state index is 13.1. The summed E-state index contributed by atoms with van der Waals surface area (Å²) in [5, 5.41) is 0. The molecule has 0 saturated carbocycles. The highest BCUT2D eigenvalue weighted by Crippen LogP contribution is 2.37. The molecule has 2 atom stereocenters. The van der Waals surface area contributed by atoms with Crippen LogP contribution in [0.25, 0.3) is 0 Å². The third-order valence-corrected chi connectivity index (χ3v) is 2.98. The summed E-state index contributed by atoms with van der Waals surface area (Å²) < 4.78 is 56.2. The SMILES string of the molecule is CC1Cc2cc(C(N)C(F)(F)C(F)F)ccc2O1. The van der Waals surface area contributed by atoms with Crippen LogP contribution in [0.15, 0.2) is 18.2 Å². The number of halogens is 4. The van der Waals surface area contributed by atoms with E-state index in [-0.39, 0.29) is 11.7 Å². The minimum absolute atomic E-state index is 0.00301. The van der Waals surface area contributed by atoms with Gasteiger partial charge < -0.3 is 10.5 Å². The first-order valence-corrected chi connectivity index (χ1v) is 5.53. The van der Waals surface area contributed by atoms with Crippen LogP contribution in [0.1, 0.15) is 24.1 Å². The lowest BCUT2D eigenvalue weighted by Gasteiger charge is -2.23. The lowest BCUT2D eigenvalue weighted by molar-refractivity contribution is -0.144. The molecule has 0 aromatic heterocycles. The van der Waals surface area contributed by atoms with Gasteiger partial charge in [-0.15, -0.1) is 0 Å². The van der Waals surface area contributed by atoms with Crippen molar-refractivity contribution in [2.45, 2.75) is 37.8 Å². The van der Waals surface area contributed by atoms with Gasteiger partial charge in [0, 0.05) is 6.42 Å². The molecule has 0 bridgehead atoms. The molecule has 2 N–H and O–H groups in total. The fourth-order valence-electron chi connectivity index (χ4n) is 1.99. The second kappa shape index (κ2) is 4.42. The normalized spacial score (nSPS) is 20.7. The van der Waals surface area contributed by atoms with E-state index in [4.69, 9.17) is 10.5 Å². The molecular weight excluding hydrogens is 250 g/mol. The molecule has 1 aromatic rings. The largest absolute Gasteiger partial charge is 0.490 e. The van der Waals surface area contributed by atoms with Gasteiger partial charge in [0.05, 0.1) is 0 Å². The van der Waals surface area contributed by atoms with Gasteiger partial charge in [0.2, 0.25) is 0 Å². The minimum Gasteiger partial charge on any atom is -0.490 e. The van der Waals surface area contributed by atoms with E-state index in [9.17, 15) is 17.6 Å². The highest BCUT2D eigenvalue weighted by Gasteiger charge is 2.47. The highest BCUT2D eigenvalue weighted by molar-refractivity contribution is 5.42. The fourth-order valence-corrected chi connectivity index (χ4v) is 1.99. The molecule has 0 aliphatic carbocycles. The Labute approximate surface area is 102 Å². The number of hydrogen-bond acceptors (Lipinski definition) is 2. The van der Waals surface area contributed by atoms with E-state index in [0.29, 0.717) is 12.2 Å². The molecule has 1 aliphatic heterocycles. The van der Waals surface area contributed by atoms with Gasteiger partial charge in [-0.05, 0) is 24.1 Å². The standard InChI is InChI=1S/C12H13F4NO/c1-6-4-8-5-7(2-3-9(8)18-6)10(17)12(15,16)11(13)14/h2-3,5-6,10-11H,4,17H2,1H3. The Kier molecular flexibility index (Phi) is 3.23. The first-order chi connectivity index (χ1) is 8.32. The summed E-state index contributed by atoms with van der Waals surface area (Å²) in [6.45, 7) is 1.84. The first kappa shape index (κ1) is 13.1. The number of alkyl halides is 4. The molecule has 0 saturated heterocycles. The van der Waals surface area contributed by atoms with Gasteiger partial charge in [-0.2, -0.15) is 8.78 Å². The van der Waals surface area contributed by atoms with E-state index in [1.165, 1.54) is 18.2 Å². The third kappa shape index (κ3) is 2.16. The topological polar surface area (TPSA) is 35.2 Å². The molecule has 1 aliphatic rings. The molecule has 2 nitrogen and oxygen atoms in total. The number of fused-ring (bicyclic) bond motifs is 1. The molecule has 18 heavy (non-hydrogen) atoms. The van der Waals surface area contributed by atoms with Crippen LogP contribution >= 0.6 is 0 Å². The summed E-state index contributed by atoms with van der Waals surface area (Å²) in [5.74, 6) is -3.64. The number of ether oxygens (including phenoxy) is 1. The first-order valence-electron chi connectivity index (χ1n) is 5.53. The molecule has 0 spiro atoms. The zero-order chi connectivity index (χ0) is 13.5. The van der Waals surface area contributed by atoms with Gasteiger partial charge in [0.1, 0.15) is 17.9 Å². The summed E-state index contributed by atoms with van der Waals surface area (Å²) >= 11 is 0. The summed E-state index contributed by atoms with van der Waals surface area (Å²) in [5.41, 5.74) is 5.95. The monoisotopic (exact) mass is 263 g/mol. The van der Waals surface area contributed by atoms with Gasteiger partial charge in [-0.3, -0.25) is 0 Å². The Bertz CT molecular complexity index is 450. The van der Waals surface area contributed by atoms with Crippen molar-refractivity contribution in [2.24, 2.45) is 5.73 Å². The molecule has 1 heterocycles. The van der Waals surface area contributed by atoms with Crippen LogP contribution in [0.2, 0.25) is 0 Å². The van der Waals surface area contributed by atoms with E-state index < -0.39 is 18.4 Å². The molecule has 6 heteroatoms. The maximum Gasteiger partial charge on any atom is 0.326 e. The highest BCUT2D eigenvalue weighted by atomic mass is 19.3. The Balaban J connectivity index is 2.28. The quantitative estimate of drug-likeness (QED) is 0.851. The molecule has 0 amide bonds. The van der Waals surface area contributed by atoms with Crippen molar-refractivity contribution < 1.29 is 22.3 Å². The lowest BCUT2D eigenvalue weighted by Crippen LogP contribution is -2.39. The summed E-state index contributed by atoms with van der Waals surface area (Å²) in [6.07, 6.45) is -3.26. The number of rotatable bonds is 3. The van der Waals surface area contributed by atoms with Crippen molar-refractivity contribution in [2.75, 3.05) is 0 Å². The number of benzene rings is 1. The smallest absolute Gasteiger partial charge is 0.326 e. The Morgan fingerprint density at radius 2 is 2.06 bits per heavy atom. The van der Waals surface area contributed by atoms with Crippen LogP contribution in [0.4, 0.5) is 17.6 Å². The second-order valence-electron chi connectivity index (χ2n) is 4.45. The van der Waals surface area contributed by atoms with E-state index >= 15 is 0 Å². The molecule has 2 unspecified atom stereocenters. The molecule has 2 rings (SSSR count). The van der Waals surface area contributed by atoms with Crippen LogP contribution in [-0.4, -0.2) is 18.5 Å². The summed E-state index contributed by atoms with van der Waals surface area (Å²) in [6, 6.07) is 2.20. The number of nitrogens with two attached hydrogens (primary N) is 1. The maximum atomic E-state index is 13.1. The average Bonchev–Trinajstić information content (AvgIpc) is 2.66. The van der Waals surface area contributed by atoms with E-state index in [1.807, 2.05) is 6.92 Å². The Morgan fingerprint density at radius 3 is 2.67 bits per heavy atom. The van der Waals surface area contributed by atoms with Crippen molar-refractivity contribution in [3.05, 3.63) is 29.3 Å². The Morgan fingerprint density at radius 1 is 1.39 bits per heavy atom. The van der Waals surface area contributed by atoms with Gasteiger partial charge in [-0.25, -0.2) is 8.78 Å². The zero-order valence-electron chi connectivity index (χ0n) is 9.67. The zero-order valence-corrected chi connectivity index (χ0v) is 9.67. The summed E-state index contributed by atoms with van der Waals surface area (Å²) in [7, 11) is 0. The molecule has 0 radical (unpaired) electrons. The van der Waals surface area contributed by atoms with Crippen molar-refractivity contribution >= 4 is 0 Å². The predicted molar refractivity (Wildman–Crippen MR) is 58.1 cm³/mol. The molecule has 100 valence electrons. The van der Waals surface area contributed by atoms with E-state index in [0.717, 1.165) is 5.56 Å². The van der Waals surface area contributed by atoms with Crippen LogP contribution in [-0.2, 0) is 6.42 Å². The van der Waals surface area contributed by atoms with Crippen molar-refractivity contribution in [3.63, 3.8) is 0 Å². The van der Waals surface area contributed by atoms with Crippen LogP contribution in [0.5, 0.6) is 5.75 Å². The van der Waals surface area contributed by atoms with E-state index in [1.54, 1.807) is 0 Å². The third-order valence-electron chi connectivity index (χ3n) is 2.98. The predicted octanol–water partition coefficient (Wildman–Crippen LogP) is 2.91. The minimum atomic E-state index is -4.24. The summed E-state index contributed by atoms with van der Waals surface area (Å²) in [4.78, 5) is 0. The van der Waals surface area contributed by atoms with Gasteiger partial charge in [0.15, 0.2) is 0 Å². The fraction of sp³-hybridized carbons (Fsp3) is 0.500. The van der Waals surface area contributed by atoms with Crippen LogP contribution in [0.3, 0.4) is 0 Å². The number of hydrogen-bond donors (Lipinski definition) is 1. The Hall–Kier alpha value is -1.30. The van der Waals surface area contributed by atoms with Crippen LogP contribution < -0.4 is 10.5 Å². The van der Waals surface area contributed by atoms with Crippen molar-refractivity contribution in [3.8, 4) is 5.75 Å².